The van der Waals surface area contributed by atoms with Crippen LogP contribution < -0.4 is 0 Å². The summed E-state index contributed by atoms with van der Waals surface area (Å²) in [4.78, 5) is 15.8. The quantitative estimate of drug-likeness (QED) is 0.560. The standard InChI is InChI=1S/C22H23N3O3S/c1-12-10-13(2)17(16(27)11-12)19-18-20(24-23-19)22(28)25(8-9-26)21(18)14-4-6-15(29-3)7-5-14/h4-7,10-11,21,26-27H,8-9H2,1-3H3,(H,23,24)/t21-/m0/s1. The Morgan fingerprint density at radius 1 is 1.21 bits per heavy atom. The van der Waals surface area contributed by atoms with Crippen LogP contribution in [0.2, 0.25) is 0 Å². The van der Waals surface area contributed by atoms with E-state index in [-0.39, 0.29) is 30.9 Å². The highest BCUT2D eigenvalue weighted by Gasteiger charge is 2.42. The molecule has 0 bridgehead atoms. The van der Waals surface area contributed by atoms with Gasteiger partial charge < -0.3 is 15.1 Å². The van der Waals surface area contributed by atoms with Crippen LogP contribution in [0.5, 0.6) is 5.75 Å². The lowest BCUT2D eigenvalue weighted by Gasteiger charge is -2.26. The molecule has 2 heterocycles. The molecule has 0 unspecified atom stereocenters. The Labute approximate surface area is 173 Å². The van der Waals surface area contributed by atoms with E-state index < -0.39 is 0 Å². The van der Waals surface area contributed by atoms with Crippen molar-refractivity contribution in [2.24, 2.45) is 0 Å². The number of fused-ring (bicyclic) bond motifs is 1. The number of β-amino-alcohol motifs (C(OH)–C–C–N with tert-alkyl or cyclic N) is 1. The van der Waals surface area contributed by atoms with E-state index in [4.69, 9.17) is 0 Å². The Morgan fingerprint density at radius 3 is 2.55 bits per heavy atom. The number of rotatable bonds is 5. The van der Waals surface area contributed by atoms with Crippen LogP contribution in [0.4, 0.5) is 0 Å². The number of benzene rings is 2. The van der Waals surface area contributed by atoms with Gasteiger partial charge in [0.1, 0.15) is 17.1 Å². The number of carbonyl (C=O) groups is 1. The van der Waals surface area contributed by atoms with Crippen molar-refractivity contribution < 1.29 is 15.0 Å². The van der Waals surface area contributed by atoms with Crippen LogP contribution in [0.1, 0.15) is 38.8 Å². The summed E-state index contributed by atoms with van der Waals surface area (Å²) in [6.07, 6.45) is 2.02. The zero-order valence-electron chi connectivity index (χ0n) is 16.6. The molecule has 150 valence electrons. The Bertz CT molecular complexity index is 1050. The average molecular weight is 410 g/mol. The summed E-state index contributed by atoms with van der Waals surface area (Å²) < 4.78 is 0. The van der Waals surface area contributed by atoms with Crippen LogP contribution in [-0.2, 0) is 0 Å². The van der Waals surface area contributed by atoms with E-state index in [1.165, 1.54) is 0 Å². The average Bonchev–Trinajstić information content (AvgIpc) is 3.22. The number of phenolic OH excluding ortho intramolecular Hbond substituents is 1. The van der Waals surface area contributed by atoms with Crippen LogP contribution in [0.3, 0.4) is 0 Å². The third kappa shape index (κ3) is 3.20. The molecule has 1 aromatic heterocycles. The number of amides is 1. The first-order chi connectivity index (χ1) is 14.0. The highest BCUT2D eigenvalue weighted by Crippen LogP contribution is 2.45. The number of phenols is 1. The normalized spacial score (nSPS) is 15.8. The lowest BCUT2D eigenvalue weighted by atomic mass is 9.93. The molecule has 1 amide bonds. The maximum absolute atomic E-state index is 13.0. The van der Waals surface area contributed by atoms with Crippen molar-refractivity contribution in [2.75, 3.05) is 19.4 Å². The van der Waals surface area contributed by atoms with Crippen LogP contribution in [0, 0.1) is 13.8 Å². The van der Waals surface area contributed by atoms with Crippen molar-refractivity contribution in [3.8, 4) is 17.0 Å². The minimum Gasteiger partial charge on any atom is -0.507 e. The summed E-state index contributed by atoms with van der Waals surface area (Å²) in [5.74, 6) is -0.0580. The minimum absolute atomic E-state index is 0.132. The summed E-state index contributed by atoms with van der Waals surface area (Å²) in [6, 6.07) is 11.4. The van der Waals surface area contributed by atoms with Gasteiger partial charge in [-0.25, -0.2) is 0 Å². The third-order valence-corrected chi connectivity index (χ3v) is 6.08. The fourth-order valence-corrected chi connectivity index (χ4v) is 4.52. The fourth-order valence-electron chi connectivity index (χ4n) is 4.11. The maximum Gasteiger partial charge on any atom is 0.273 e. The Hall–Kier alpha value is -2.77. The summed E-state index contributed by atoms with van der Waals surface area (Å²) in [6.45, 7) is 3.93. The van der Waals surface area contributed by atoms with Crippen molar-refractivity contribution in [3.05, 3.63) is 64.3 Å². The predicted molar refractivity (Wildman–Crippen MR) is 113 cm³/mol. The number of thioether (sulfide) groups is 1. The van der Waals surface area contributed by atoms with Gasteiger partial charge in [-0.15, -0.1) is 11.8 Å². The molecule has 2 aromatic carbocycles. The number of aryl methyl sites for hydroxylation is 2. The molecule has 6 nitrogen and oxygen atoms in total. The molecule has 7 heteroatoms. The lowest BCUT2D eigenvalue weighted by molar-refractivity contribution is 0.0706. The van der Waals surface area contributed by atoms with Gasteiger partial charge in [-0.05, 0) is 55.0 Å². The van der Waals surface area contributed by atoms with Gasteiger partial charge in [0.05, 0.1) is 12.6 Å². The SMILES string of the molecule is CSc1ccc([C@H]2c3c(-c4c(C)cc(C)cc4O)n[nH]c3C(=O)N2CCO)cc1. The van der Waals surface area contributed by atoms with Gasteiger partial charge in [0.25, 0.3) is 5.91 Å². The number of aliphatic hydroxyl groups is 1. The van der Waals surface area contributed by atoms with Gasteiger partial charge in [0.2, 0.25) is 0 Å². The fraction of sp³-hybridized carbons (Fsp3) is 0.273. The molecular weight excluding hydrogens is 386 g/mol. The van der Waals surface area contributed by atoms with E-state index in [9.17, 15) is 15.0 Å². The van der Waals surface area contributed by atoms with Crippen LogP contribution in [0.25, 0.3) is 11.3 Å². The van der Waals surface area contributed by atoms with Gasteiger partial charge in [-0.2, -0.15) is 5.10 Å². The lowest BCUT2D eigenvalue weighted by Crippen LogP contribution is -2.32. The van der Waals surface area contributed by atoms with Gasteiger partial charge in [0.15, 0.2) is 0 Å². The molecule has 4 rings (SSSR count). The molecule has 0 saturated carbocycles. The van der Waals surface area contributed by atoms with E-state index in [2.05, 4.69) is 10.2 Å². The first-order valence-electron chi connectivity index (χ1n) is 9.40. The number of nitrogens with one attached hydrogen (secondary N) is 1. The minimum atomic E-state index is -0.380. The Morgan fingerprint density at radius 2 is 1.93 bits per heavy atom. The number of nitrogens with zero attached hydrogens (tertiary/aromatic N) is 2. The van der Waals surface area contributed by atoms with E-state index in [1.807, 2.05) is 50.4 Å². The Balaban J connectivity index is 1.91. The van der Waals surface area contributed by atoms with Gasteiger partial charge in [-0.1, -0.05) is 18.2 Å². The van der Waals surface area contributed by atoms with Gasteiger partial charge in [0, 0.05) is 22.6 Å². The Kier molecular flexibility index (Phi) is 5.10. The second-order valence-electron chi connectivity index (χ2n) is 7.23. The topological polar surface area (TPSA) is 89.5 Å². The molecule has 3 N–H and O–H groups in total. The summed E-state index contributed by atoms with van der Waals surface area (Å²) in [5, 5.41) is 27.5. The molecule has 0 spiro atoms. The number of aromatic nitrogens is 2. The van der Waals surface area contributed by atoms with Crippen molar-refractivity contribution in [1.29, 1.82) is 0 Å². The highest BCUT2D eigenvalue weighted by atomic mass is 32.2. The van der Waals surface area contributed by atoms with E-state index in [1.54, 1.807) is 22.7 Å². The molecule has 1 aliphatic heterocycles. The van der Waals surface area contributed by atoms with Gasteiger partial charge in [-0.3, -0.25) is 9.89 Å². The summed E-state index contributed by atoms with van der Waals surface area (Å²) >= 11 is 1.65. The van der Waals surface area contributed by atoms with Crippen LogP contribution in [0.15, 0.2) is 41.3 Å². The largest absolute Gasteiger partial charge is 0.507 e. The van der Waals surface area contributed by atoms with Crippen molar-refractivity contribution in [3.63, 3.8) is 0 Å². The van der Waals surface area contributed by atoms with Crippen molar-refractivity contribution in [1.82, 2.24) is 15.1 Å². The number of hydrogen-bond acceptors (Lipinski definition) is 5. The van der Waals surface area contributed by atoms with E-state index >= 15 is 0 Å². The zero-order valence-corrected chi connectivity index (χ0v) is 17.4. The van der Waals surface area contributed by atoms with Crippen molar-refractivity contribution in [2.45, 2.75) is 24.8 Å². The molecule has 0 aliphatic carbocycles. The number of hydrogen-bond donors (Lipinski definition) is 3. The molecular formula is C22H23N3O3S. The molecule has 0 fully saturated rings. The highest BCUT2D eigenvalue weighted by molar-refractivity contribution is 7.98. The molecule has 0 saturated heterocycles. The second kappa shape index (κ2) is 7.57. The van der Waals surface area contributed by atoms with E-state index in [0.29, 0.717) is 17.0 Å². The molecule has 1 aliphatic rings. The summed E-state index contributed by atoms with van der Waals surface area (Å²) in [5.41, 5.74) is 5.13. The zero-order chi connectivity index (χ0) is 20.7. The third-order valence-electron chi connectivity index (χ3n) is 5.33. The van der Waals surface area contributed by atoms with Crippen molar-refractivity contribution >= 4 is 17.7 Å². The van der Waals surface area contributed by atoms with Crippen LogP contribution in [-0.4, -0.2) is 50.6 Å². The first-order valence-corrected chi connectivity index (χ1v) is 10.6. The molecule has 3 aromatic rings. The first kappa shape index (κ1) is 19.5. The number of carbonyl (C=O) groups excluding carboxylic acids is 1. The van der Waals surface area contributed by atoms with E-state index in [0.717, 1.165) is 27.1 Å². The molecule has 29 heavy (non-hydrogen) atoms. The second-order valence-corrected chi connectivity index (χ2v) is 8.11. The number of aliphatic hydroxyl groups excluding tert-OH is 1. The molecule has 0 radical (unpaired) electrons. The number of aromatic hydroxyl groups is 1. The molecule has 1 atom stereocenters. The summed E-state index contributed by atoms with van der Waals surface area (Å²) in [7, 11) is 0. The number of H-pyrrole nitrogens is 1. The number of aromatic amines is 1. The predicted octanol–water partition coefficient (Wildman–Crippen LogP) is 3.66. The van der Waals surface area contributed by atoms with Crippen LogP contribution >= 0.6 is 11.8 Å². The monoisotopic (exact) mass is 409 g/mol. The smallest absolute Gasteiger partial charge is 0.273 e. The maximum atomic E-state index is 13.0. The van der Waals surface area contributed by atoms with Gasteiger partial charge >= 0.3 is 0 Å².